The minimum atomic E-state index is -4.30. The molecule has 0 heterocycles. The molecule has 3 atom stereocenters. The fourth-order valence-electron chi connectivity index (χ4n) is 2.28. The van der Waals surface area contributed by atoms with E-state index in [0.29, 0.717) is 6.42 Å². The first-order valence-corrected chi connectivity index (χ1v) is 8.02. The van der Waals surface area contributed by atoms with Crippen LogP contribution in [0.4, 0.5) is 13.2 Å². The van der Waals surface area contributed by atoms with E-state index in [1.807, 2.05) is 13.0 Å². The van der Waals surface area contributed by atoms with Crippen LogP contribution in [0.3, 0.4) is 0 Å². The second kappa shape index (κ2) is 11.4. The summed E-state index contributed by atoms with van der Waals surface area (Å²) in [5, 5.41) is 10.1. The fraction of sp³-hybridized carbons (Fsp3) is 0.667. The Kier molecular flexibility index (Phi) is 10.9. The number of halogens is 3. The molecule has 0 aromatic carbocycles. The minimum absolute atomic E-state index is 0.00906. The van der Waals surface area contributed by atoms with Crippen molar-refractivity contribution in [3.05, 3.63) is 36.0 Å². The van der Waals surface area contributed by atoms with Gasteiger partial charge >= 0.3 is 6.18 Å². The number of rotatable bonds is 11. The highest BCUT2D eigenvalue weighted by Crippen LogP contribution is 2.28. The third kappa shape index (κ3) is 8.66. The molecule has 0 saturated carbocycles. The molecule has 24 heavy (non-hydrogen) atoms. The first kappa shape index (κ1) is 22.9. The molecule has 0 rings (SSSR count). The Labute approximate surface area is 142 Å². The monoisotopic (exact) mass is 350 g/mol. The van der Waals surface area contributed by atoms with Gasteiger partial charge in [-0.25, -0.2) is 0 Å². The molecule has 0 aromatic rings. The van der Waals surface area contributed by atoms with Gasteiger partial charge < -0.3 is 14.6 Å². The Bertz CT molecular complexity index is 428. The maximum absolute atomic E-state index is 12.7. The maximum Gasteiger partial charge on any atom is 0.412 e. The number of methoxy groups -OCH3 is 1. The Morgan fingerprint density at radius 3 is 2.42 bits per heavy atom. The topological polar surface area (TPSA) is 38.7 Å². The third-order valence-corrected chi connectivity index (χ3v) is 3.59. The highest BCUT2D eigenvalue weighted by Gasteiger charge is 2.32. The third-order valence-electron chi connectivity index (χ3n) is 3.59. The van der Waals surface area contributed by atoms with E-state index in [0.717, 1.165) is 11.6 Å². The summed E-state index contributed by atoms with van der Waals surface area (Å²) in [5.41, 5.74) is 0.280. The van der Waals surface area contributed by atoms with E-state index in [2.05, 4.69) is 6.58 Å². The van der Waals surface area contributed by atoms with Crippen LogP contribution in [0.5, 0.6) is 0 Å². The SMILES string of the molecule is C=C[C@H](OC)[C@@H](O)[C@H](C)/C=C(/C)COC/C=C(/CCC)C(F)(F)F. The molecule has 140 valence electrons. The second-order valence-corrected chi connectivity index (χ2v) is 5.79. The summed E-state index contributed by atoms with van der Waals surface area (Å²) in [6, 6.07) is 0. The maximum atomic E-state index is 12.7. The van der Waals surface area contributed by atoms with Crippen LogP contribution in [0.1, 0.15) is 33.6 Å². The second-order valence-electron chi connectivity index (χ2n) is 5.79. The molecule has 0 aliphatic heterocycles. The van der Waals surface area contributed by atoms with E-state index < -0.39 is 24.0 Å². The van der Waals surface area contributed by atoms with Gasteiger partial charge in [-0.3, -0.25) is 0 Å². The van der Waals surface area contributed by atoms with Gasteiger partial charge in [-0.15, -0.1) is 6.58 Å². The number of allylic oxidation sites excluding steroid dienone is 1. The molecule has 3 nitrogen and oxygen atoms in total. The quantitative estimate of drug-likeness (QED) is 0.442. The highest BCUT2D eigenvalue weighted by molar-refractivity contribution is 5.09. The lowest BCUT2D eigenvalue weighted by atomic mass is 9.97. The summed E-state index contributed by atoms with van der Waals surface area (Å²) in [6.45, 7) is 9.05. The Morgan fingerprint density at radius 2 is 1.96 bits per heavy atom. The van der Waals surface area contributed by atoms with Gasteiger partial charge in [0.05, 0.1) is 19.3 Å². The van der Waals surface area contributed by atoms with Crippen LogP contribution in [-0.4, -0.2) is 43.8 Å². The fourth-order valence-corrected chi connectivity index (χ4v) is 2.28. The lowest BCUT2D eigenvalue weighted by molar-refractivity contribution is -0.0946. The predicted molar refractivity (Wildman–Crippen MR) is 89.8 cm³/mol. The van der Waals surface area contributed by atoms with Crippen molar-refractivity contribution in [2.75, 3.05) is 20.3 Å². The first-order chi connectivity index (χ1) is 11.2. The number of ether oxygens (including phenoxy) is 2. The van der Waals surface area contributed by atoms with Gasteiger partial charge in [0.1, 0.15) is 6.10 Å². The van der Waals surface area contributed by atoms with E-state index >= 15 is 0 Å². The van der Waals surface area contributed by atoms with E-state index in [1.165, 1.54) is 13.2 Å². The van der Waals surface area contributed by atoms with Gasteiger partial charge in [0.25, 0.3) is 0 Å². The van der Waals surface area contributed by atoms with Crippen molar-refractivity contribution >= 4 is 0 Å². The number of aliphatic hydroxyl groups excluding tert-OH is 1. The summed E-state index contributed by atoms with van der Waals surface area (Å²) in [4.78, 5) is 0. The van der Waals surface area contributed by atoms with Crippen molar-refractivity contribution in [3.8, 4) is 0 Å². The summed E-state index contributed by atoms with van der Waals surface area (Å²) >= 11 is 0. The lowest BCUT2D eigenvalue weighted by Crippen LogP contribution is -2.31. The van der Waals surface area contributed by atoms with Crippen molar-refractivity contribution in [2.45, 2.75) is 52.0 Å². The zero-order valence-electron chi connectivity index (χ0n) is 14.9. The lowest BCUT2D eigenvalue weighted by Gasteiger charge is -2.22. The van der Waals surface area contributed by atoms with Crippen LogP contribution in [-0.2, 0) is 9.47 Å². The molecular weight excluding hydrogens is 321 g/mol. The molecule has 0 amide bonds. The first-order valence-electron chi connectivity index (χ1n) is 8.02. The van der Waals surface area contributed by atoms with Crippen LogP contribution >= 0.6 is 0 Å². The van der Waals surface area contributed by atoms with Crippen LogP contribution < -0.4 is 0 Å². The van der Waals surface area contributed by atoms with Gasteiger partial charge in [-0.2, -0.15) is 13.2 Å². The molecule has 1 N–H and O–H groups in total. The van der Waals surface area contributed by atoms with Gasteiger partial charge in [0, 0.05) is 18.6 Å². The summed E-state index contributed by atoms with van der Waals surface area (Å²) < 4.78 is 48.5. The summed E-state index contributed by atoms with van der Waals surface area (Å²) in [6.07, 6.45) is -0.663. The van der Waals surface area contributed by atoms with Gasteiger partial charge in [0.2, 0.25) is 0 Å². The molecule has 0 saturated heterocycles. The standard InChI is InChI=1S/C18H29F3O3/c1-6-8-15(18(19,20)21)9-10-24-12-13(3)11-14(4)17(22)16(7-2)23-5/h7,9,11,14,16-17,22H,2,6,8,10,12H2,1,3-5H3/b13-11-,15-9-/t14-,16+,17+/m1/s1. The molecule has 0 unspecified atom stereocenters. The van der Waals surface area contributed by atoms with Crippen LogP contribution in [0.25, 0.3) is 0 Å². The zero-order valence-corrected chi connectivity index (χ0v) is 14.9. The van der Waals surface area contributed by atoms with E-state index in [9.17, 15) is 18.3 Å². The normalized spacial score (nSPS) is 17.5. The molecule has 0 aromatic heterocycles. The van der Waals surface area contributed by atoms with Gasteiger partial charge in [-0.1, -0.05) is 44.1 Å². The molecule has 0 spiro atoms. The number of hydrogen-bond acceptors (Lipinski definition) is 3. The highest BCUT2D eigenvalue weighted by atomic mass is 19.4. The molecule has 0 radical (unpaired) electrons. The van der Waals surface area contributed by atoms with Gasteiger partial charge in [-0.05, 0) is 13.3 Å². The van der Waals surface area contributed by atoms with Crippen molar-refractivity contribution < 1.29 is 27.8 Å². The average molecular weight is 350 g/mol. The largest absolute Gasteiger partial charge is 0.412 e. The van der Waals surface area contributed by atoms with E-state index in [-0.39, 0.29) is 25.6 Å². The summed E-state index contributed by atoms with van der Waals surface area (Å²) in [5.74, 6) is -0.196. The smallest absolute Gasteiger partial charge is 0.389 e. The average Bonchev–Trinajstić information content (AvgIpc) is 2.50. The van der Waals surface area contributed by atoms with Crippen molar-refractivity contribution in [1.82, 2.24) is 0 Å². The summed E-state index contributed by atoms with van der Waals surface area (Å²) in [7, 11) is 1.49. The number of hydrogen-bond donors (Lipinski definition) is 1. The Balaban J connectivity index is 4.52. The predicted octanol–water partition coefficient (Wildman–Crippen LogP) is 4.44. The zero-order chi connectivity index (χ0) is 18.8. The molecule has 0 aliphatic rings. The Morgan fingerprint density at radius 1 is 1.33 bits per heavy atom. The molecule has 6 heteroatoms. The molecule has 0 aliphatic carbocycles. The Hall–Kier alpha value is -1.11. The van der Waals surface area contributed by atoms with Crippen LogP contribution in [0, 0.1) is 5.92 Å². The minimum Gasteiger partial charge on any atom is -0.389 e. The molecule has 0 bridgehead atoms. The van der Waals surface area contributed by atoms with Crippen LogP contribution in [0.15, 0.2) is 36.0 Å². The van der Waals surface area contributed by atoms with Crippen molar-refractivity contribution in [3.63, 3.8) is 0 Å². The van der Waals surface area contributed by atoms with Crippen LogP contribution in [0.2, 0.25) is 0 Å². The van der Waals surface area contributed by atoms with Crippen molar-refractivity contribution in [1.29, 1.82) is 0 Å². The number of aliphatic hydroxyl groups is 1. The van der Waals surface area contributed by atoms with Crippen molar-refractivity contribution in [2.24, 2.45) is 5.92 Å². The number of alkyl halides is 3. The molecular formula is C18H29F3O3. The molecule has 0 fully saturated rings. The van der Waals surface area contributed by atoms with E-state index in [1.54, 1.807) is 13.8 Å². The van der Waals surface area contributed by atoms with E-state index in [4.69, 9.17) is 9.47 Å². The van der Waals surface area contributed by atoms with Gasteiger partial charge in [0.15, 0.2) is 0 Å².